The Bertz CT molecular complexity index is 547. The standard InChI is InChI=1S/C14H20NO5P/c1-5-18-21(16,19-6-2)20-14(3,11-15)12-8-7-9-13(10-12)17-4/h7-10H,5-6H2,1-4H3. The van der Waals surface area contributed by atoms with Crippen molar-refractivity contribution in [2.45, 2.75) is 26.4 Å². The summed E-state index contributed by atoms with van der Waals surface area (Å²) in [6.45, 7) is 5.15. The zero-order valence-corrected chi connectivity index (χ0v) is 13.6. The predicted molar refractivity (Wildman–Crippen MR) is 77.9 cm³/mol. The summed E-state index contributed by atoms with van der Waals surface area (Å²) < 4.78 is 33.2. The molecule has 1 unspecified atom stereocenters. The fourth-order valence-corrected chi connectivity index (χ4v) is 3.09. The zero-order valence-electron chi connectivity index (χ0n) is 12.7. The molecule has 0 aromatic heterocycles. The van der Waals surface area contributed by atoms with Gasteiger partial charge in [-0.25, -0.2) is 4.57 Å². The van der Waals surface area contributed by atoms with Gasteiger partial charge in [0.05, 0.1) is 20.3 Å². The molecule has 0 saturated heterocycles. The van der Waals surface area contributed by atoms with Crippen LogP contribution in [0.15, 0.2) is 24.3 Å². The predicted octanol–water partition coefficient (Wildman–Crippen LogP) is 3.63. The number of nitriles is 1. The summed E-state index contributed by atoms with van der Waals surface area (Å²) >= 11 is 0. The second-order valence-corrected chi connectivity index (χ2v) is 5.84. The first-order valence-corrected chi connectivity index (χ1v) is 8.04. The average molecular weight is 313 g/mol. The van der Waals surface area contributed by atoms with Crippen molar-refractivity contribution in [2.24, 2.45) is 0 Å². The highest BCUT2D eigenvalue weighted by Gasteiger charge is 2.39. The third-order valence-corrected chi connectivity index (χ3v) is 4.44. The minimum atomic E-state index is -3.81. The van der Waals surface area contributed by atoms with Crippen molar-refractivity contribution >= 4 is 7.82 Å². The molecule has 0 heterocycles. The van der Waals surface area contributed by atoms with Crippen LogP contribution in [-0.4, -0.2) is 20.3 Å². The Morgan fingerprint density at radius 1 is 1.29 bits per heavy atom. The summed E-state index contributed by atoms with van der Waals surface area (Å²) in [7, 11) is -2.29. The van der Waals surface area contributed by atoms with Crippen LogP contribution in [0, 0.1) is 11.3 Å². The third kappa shape index (κ3) is 4.55. The Kier molecular flexibility index (Phi) is 6.38. The molecule has 7 heteroatoms. The number of benzene rings is 1. The quantitative estimate of drug-likeness (QED) is 0.682. The van der Waals surface area contributed by atoms with Crippen molar-refractivity contribution in [1.82, 2.24) is 0 Å². The van der Waals surface area contributed by atoms with E-state index in [1.54, 1.807) is 38.1 Å². The van der Waals surface area contributed by atoms with Crippen LogP contribution in [-0.2, 0) is 23.7 Å². The monoisotopic (exact) mass is 313 g/mol. The molecule has 0 spiro atoms. The highest BCUT2D eigenvalue weighted by molar-refractivity contribution is 7.48. The fourth-order valence-electron chi connectivity index (χ4n) is 1.69. The van der Waals surface area contributed by atoms with E-state index in [0.29, 0.717) is 11.3 Å². The van der Waals surface area contributed by atoms with Crippen molar-refractivity contribution in [3.05, 3.63) is 29.8 Å². The molecule has 116 valence electrons. The van der Waals surface area contributed by atoms with Crippen LogP contribution >= 0.6 is 7.82 Å². The summed E-state index contributed by atoms with van der Waals surface area (Å²) in [5, 5.41) is 9.45. The molecule has 0 aliphatic carbocycles. The molecule has 21 heavy (non-hydrogen) atoms. The summed E-state index contributed by atoms with van der Waals surface area (Å²) in [6.07, 6.45) is 0. The fraction of sp³-hybridized carbons (Fsp3) is 0.500. The number of ether oxygens (including phenoxy) is 1. The number of nitrogens with zero attached hydrogens (tertiary/aromatic N) is 1. The van der Waals surface area contributed by atoms with Gasteiger partial charge in [0.2, 0.25) is 0 Å². The molecule has 0 aliphatic heterocycles. The van der Waals surface area contributed by atoms with Crippen LogP contribution < -0.4 is 4.74 Å². The maximum atomic E-state index is 12.5. The van der Waals surface area contributed by atoms with Crippen molar-refractivity contribution < 1.29 is 22.9 Å². The van der Waals surface area contributed by atoms with Gasteiger partial charge < -0.3 is 4.74 Å². The maximum absolute atomic E-state index is 12.5. The molecule has 0 aliphatic rings. The van der Waals surface area contributed by atoms with E-state index in [1.807, 2.05) is 6.07 Å². The number of phosphoric acid groups is 1. The van der Waals surface area contributed by atoms with E-state index in [-0.39, 0.29) is 13.2 Å². The molecule has 1 rings (SSSR count). The molecule has 1 aromatic carbocycles. The molecule has 0 saturated carbocycles. The van der Waals surface area contributed by atoms with Crippen LogP contribution in [0.25, 0.3) is 0 Å². The molecular weight excluding hydrogens is 293 g/mol. The number of rotatable bonds is 8. The van der Waals surface area contributed by atoms with E-state index < -0.39 is 13.4 Å². The number of hydrogen-bond acceptors (Lipinski definition) is 6. The van der Waals surface area contributed by atoms with Gasteiger partial charge >= 0.3 is 7.82 Å². The molecule has 1 aromatic rings. The van der Waals surface area contributed by atoms with Crippen LogP contribution in [0.3, 0.4) is 0 Å². The van der Waals surface area contributed by atoms with Crippen LogP contribution in [0.4, 0.5) is 0 Å². The largest absolute Gasteiger partial charge is 0.497 e. The maximum Gasteiger partial charge on any atom is 0.476 e. The van der Waals surface area contributed by atoms with Crippen LogP contribution in [0.5, 0.6) is 5.75 Å². The minimum absolute atomic E-state index is 0.150. The number of methoxy groups -OCH3 is 1. The van der Waals surface area contributed by atoms with E-state index in [9.17, 15) is 9.83 Å². The molecular formula is C14H20NO5P. The first-order valence-electron chi connectivity index (χ1n) is 6.58. The van der Waals surface area contributed by atoms with Crippen molar-refractivity contribution in [3.63, 3.8) is 0 Å². The normalized spacial score (nSPS) is 14.2. The summed E-state index contributed by atoms with van der Waals surface area (Å²) in [4.78, 5) is 0. The topological polar surface area (TPSA) is 77.8 Å². The molecule has 0 amide bonds. The first kappa shape index (κ1) is 17.7. The Hall–Kier alpha value is -1.38. The second kappa shape index (κ2) is 7.58. The first-order chi connectivity index (χ1) is 9.93. The molecule has 6 nitrogen and oxygen atoms in total. The third-order valence-electron chi connectivity index (χ3n) is 2.70. The molecule has 0 bridgehead atoms. The Balaban J connectivity index is 3.14. The summed E-state index contributed by atoms with van der Waals surface area (Å²) in [5.41, 5.74) is -0.974. The summed E-state index contributed by atoms with van der Waals surface area (Å²) in [5.74, 6) is 0.570. The van der Waals surface area contributed by atoms with Crippen molar-refractivity contribution in [2.75, 3.05) is 20.3 Å². The molecule has 0 fully saturated rings. The lowest BCUT2D eigenvalue weighted by atomic mass is 9.98. The van der Waals surface area contributed by atoms with E-state index >= 15 is 0 Å². The second-order valence-electron chi connectivity index (χ2n) is 4.25. The summed E-state index contributed by atoms with van der Waals surface area (Å²) in [6, 6.07) is 8.80. The lowest BCUT2D eigenvalue weighted by Gasteiger charge is -2.27. The number of phosphoric ester groups is 1. The minimum Gasteiger partial charge on any atom is -0.497 e. The highest BCUT2D eigenvalue weighted by Crippen LogP contribution is 2.54. The van der Waals surface area contributed by atoms with Gasteiger partial charge in [-0.1, -0.05) is 12.1 Å². The molecule has 0 radical (unpaired) electrons. The van der Waals surface area contributed by atoms with Gasteiger partial charge in [-0.05, 0) is 32.9 Å². The van der Waals surface area contributed by atoms with Crippen LogP contribution in [0.1, 0.15) is 26.3 Å². The highest BCUT2D eigenvalue weighted by atomic mass is 31.2. The van der Waals surface area contributed by atoms with Crippen LogP contribution in [0.2, 0.25) is 0 Å². The average Bonchev–Trinajstić information content (AvgIpc) is 2.47. The van der Waals surface area contributed by atoms with E-state index in [4.69, 9.17) is 18.3 Å². The lowest BCUT2D eigenvalue weighted by Crippen LogP contribution is -2.23. The van der Waals surface area contributed by atoms with E-state index in [0.717, 1.165) is 0 Å². The van der Waals surface area contributed by atoms with E-state index in [2.05, 4.69) is 0 Å². The Labute approximate surface area is 125 Å². The van der Waals surface area contributed by atoms with Gasteiger partial charge in [-0.2, -0.15) is 5.26 Å². The van der Waals surface area contributed by atoms with Gasteiger partial charge in [0.15, 0.2) is 5.60 Å². The van der Waals surface area contributed by atoms with Crippen molar-refractivity contribution in [3.8, 4) is 11.8 Å². The number of hydrogen-bond donors (Lipinski definition) is 0. The van der Waals surface area contributed by atoms with E-state index in [1.165, 1.54) is 14.0 Å². The Morgan fingerprint density at radius 2 is 1.90 bits per heavy atom. The van der Waals surface area contributed by atoms with Gasteiger partial charge in [0.1, 0.15) is 11.8 Å². The van der Waals surface area contributed by atoms with Gasteiger partial charge in [-0.3, -0.25) is 13.6 Å². The van der Waals surface area contributed by atoms with Gasteiger partial charge in [0.25, 0.3) is 0 Å². The van der Waals surface area contributed by atoms with Crippen molar-refractivity contribution in [1.29, 1.82) is 5.26 Å². The zero-order chi connectivity index (χ0) is 15.9. The van der Waals surface area contributed by atoms with Gasteiger partial charge in [-0.15, -0.1) is 0 Å². The lowest BCUT2D eigenvalue weighted by molar-refractivity contribution is 0.0554. The Morgan fingerprint density at radius 3 is 2.38 bits per heavy atom. The SMILES string of the molecule is CCOP(=O)(OCC)OC(C)(C#N)c1cccc(OC)c1. The van der Waals surface area contributed by atoms with Gasteiger partial charge in [0, 0.05) is 5.56 Å². The molecule has 0 N–H and O–H groups in total. The molecule has 1 atom stereocenters. The smallest absolute Gasteiger partial charge is 0.476 e.